The number of hydrogen-bond acceptors (Lipinski definition) is 9. The number of hydrogen-bond donors (Lipinski definition) is 5. The molecule has 13 nitrogen and oxygen atoms in total. The number of benzene rings is 1. The van der Waals surface area contributed by atoms with Crippen LogP contribution in [-0.4, -0.2) is 81.6 Å². The number of aliphatic hydroxyl groups is 1. The van der Waals surface area contributed by atoms with Crippen molar-refractivity contribution in [2.75, 3.05) is 5.73 Å². The normalized spacial score (nSPS) is 25.7. The van der Waals surface area contributed by atoms with Crippen molar-refractivity contribution < 1.29 is 38.8 Å². The monoisotopic (exact) mass is 572 g/mol. The lowest BCUT2D eigenvalue weighted by molar-refractivity contribution is -0.194. The summed E-state index contributed by atoms with van der Waals surface area (Å²) in [6.45, 7) is 1.84. The van der Waals surface area contributed by atoms with E-state index in [4.69, 9.17) is 26.8 Å². The van der Waals surface area contributed by atoms with Gasteiger partial charge in [0.15, 0.2) is 18.0 Å². The van der Waals surface area contributed by atoms with Gasteiger partial charge in [0.05, 0.1) is 11.6 Å². The number of halogens is 2. The van der Waals surface area contributed by atoms with E-state index in [-0.39, 0.29) is 16.7 Å². The summed E-state index contributed by atoms with van der Waals surface area (Å²) in [6.07, 6.45) is -3.97. The highest BCUT2D eigenvalue weighted by Gasteiger charge is 2.80. The number of carboxylic acids is 2. The van der Waals surface area contributed by atoms with Crippen molar-refractivity contribution in [3.05, 3.63) is 59.3 Å². The number of aliphatic carboxylic acids is 2. The topological polar surface area (TPSA) is 199 Å². The summed E-state index contributed by atoms with van der Waals surface area (Å²) in [5.41, 5.74) is 3.63. The van der Waals surface area contributed by atoms with Crippen molar-refractivity contribution in [3.8, 4) is 11.1 Å². The number of rotatable bonds is 8. The lowest BCUT2D eigenvalue weighted by atomic mass is 9.93. The molecule has 2 fully saturated rings. The average Bonchev–Trinajstić information content (AvgIpc) is 3.31. The highest BCUT2D eigenvalue weighted by Crippen LogP contribution is 2.58. The number of nitrogens with zero attached hydrogens (tertiary/aromatic N) is 4. The van der Waals surface area contributed by atoms with Crippen LogP contribution in [0.15, 0.2) is 42.7 Å². The first-order valence-electron chi connectivity index (χ1n) is 12.0. The second-order valence-electron chi connectivity index (χ2n) is 9.83. The Labute approximate surface area is 229 Å². The molecule has 40 heavy (non-hydrogen) atoms. The number of fused-ring (bicyclic) bond motifs is 2. The Balaban J connectivity index is 1.25. The maximum Gasteiger partial charge on any atom is 0.348 e. The van der Waals surface area contributed by atoms with Gasteiger partial charge in [-0.2, -0.15) is 10.1 Å². The predicted molar refractivity (Wildman–Crippen MR) is 136 cm³/mol. The van der Waals surface area contributed by atoms with Gasteiger partial charge in [0.25, 0.3) is 5.60 Å². The number of ether oxygens (including phenoxy) is 2. The Morgan fingerprint density at radius 2 is 1.95 bits per heavy atom. The average molecular weight is 573 g/mol. The van der Waals surface area contributed by atoms with E-state index < -0.39 is 54.2 Å². The van der Waals surface area contributed by atoms with Crippen molar-refractivity contribution in [3.63, 3.8) is 0 Å². The molecular formula is C25H22ClFN6O7. The summed E-state index contributed by atoms with van der Waals surface area (Å²) < 4.78 is 28.2. The van der Waals surface area contributed by atoms with Gasteiger partial charge in [-0.05, 0) is 35.7 Å². The Morgan fingerprint density at radius 3 is 2.52 bits per heavy atom. The maximum absolute atomic E-state index is 15.7. The smallest absolute Gasteiger partial charge is 0.348 e. The maximum atomic E-state index is 15.7. The number of H-pyrrole nitrogens is 1. The van der Waals surface area contributed by atoms with Crippen molar-refractivity contribution in [1.82, 2.24) is 24.7 Å². The van der Waals surface area contributed by atoms with Crippen LogP contribution in [0.25, 0.3) is 22.2 Å². The highest BCUT2D eigenvalue weighted by molar-refractivity contribution is 6.28. The van der Waals surface area contributed by atoms with Gasteiger partial charge in [-0.25, -0.2) is 19.0 Å². The Hall–Kier alpha value is -4.11. The Morgan fingerprint density at radius 1 is 1.25 bits per heavy atom. The molecule has 0 amide bonds. The van der Waals surface area contributed by atoms with E-state index in [1.54, 1.807) is 30.5 Å². The van der Waals surface area contributed by atoms with Crippen LogP contribution in [0, 0.1) is 6.92 Å². The molecule has 4 heterocycles. The number of nitrogens with one attached hydrogen (secondary N) is 1. The number of carboxylic acid groups (broad SMARTS) is 2. The number of aromatic amines is 1. The summed E-state index contributed by atoms with van der Waals surface area (Å²) in [6, 6.07) is 8.04. The molecule has 2 aliphatic rings. The SMILES string of the molecule is Cc1[nH]ncc1-c1ccc(CC(OC2[C@H]3O[C@@H](n4ccc5c(N)nc(Cl)nc54)[C@@H](F)[C@@]23O)(C(=O)O)C(=O)O)cc1. The second kappa shape index (κ2) is 8.96. The third-order valence-electron chi connectivity index (χ3n) is 7.47. The van der Waals surface area contributed by atoms with Gasteiger partial charge < -0.3 is 35.1 Å². The molecule has 208 valence electrons. The molecule has 4 aromatic rings. The molecule has 1 aliphatic heterocycles. The van der Waals surface area contributed by atoms with E-state index in [1.807, 2.05) is 6.92 Å². The van der Waals surface area contributed by atoms with Crippen LogP contribution in [0.4, 0.5) is 10.2 Å². The minimum Gasteiger partial charge on any atom is -0.479 e. The lowest BCUT2D eigenvalue weighted by Crippen LogP contribution is -2.53. The molecule has 0 radical (unpaired) electrons. The molecule has 0 spiro atoms. The Bertz CT molecular complexity index is 1650. The van der Waals surface area contributed by atoms with Gasteiger partial charge in [-0.15, -0.1) is 0 Å². The highest BCUT2D eigenvalue weighted by atomic mass is 35.5. The van der Waals surface area contributed by atoms with Crippen LogP contribution in [-0.2, 0) is 25.5 Å². The van der Waals surface area contributed by atoms with Crippen LogP contribution >= 0.6 is 11.6 Å². The van der Waals surface area contributed by atoms with Gasteiger partial charge in [0.1, 0.15) is 23.7 Å². The molecule has 6 N–H and O–H groups in total. The first kappa shape index (κ1) is 26.1. The van der Waals surface area contributed by atoms with Crippen molar-refractivity contribution in [1.29, 1.82) is 0 Å². The van der Waals surface area contributed by atoms with Gasteiger partial charge in [-0.3, -0.25) is 5.10 Å². The van der Waals surface area contributed by atoms with Gasteiger partial charge in [-0.1, -0.05) is 24.3 Å². The molecular weight excluding hydrogens is 551 g/mol. The predicted octanol–water partition coefficient (Wildman–Crippen LogP) is 1.88. The van der Waals surface area contributed by atoms with Crippen LogP contribution in [0.5, 0.6) is 0 Å². The molecule has 1 unspecified atom stereocenters. The van der Waals surface area contributed by atoms with Gasteiger partial charge in [0.2, 0.25) is 5.28 Å². The minimum atomic E-state index is -2.83. The largest absolute Gasteiger partial charge is 0.479 e. The molecule has 1 saturated heterocycles. The zero-order valence-electron chi connectivity index (χ0n) is 20.7. The molecule has 0 bridgehead atoms. The van der Waals surface area contributed by atoms with Crippen molar-refractivity contribution >= 4 is 40.4 Å². The third kappa shape index (κ3) is 3.75. The van der Waals surface area contributed by atoms with Crippen LogP contribution in [0.2, 0.25) is 5.28 Å². The summed E-state index contributed by atoms with van der Waals surface area (Å²) in [5, 5.41) is 38.0. The molecule has 3 aromatic heterocycles. The fourth-order valence-corrected chi connectivity index (χ4v) is 5.37. The molecule has 1 aliphatic carbocycles. The summed E-state index contributed by atoms with van der Waals surface area (Å²) in [5.74, 6) is -3.56. The molecule has 1 aromatic carbocycles. The van der Waals surface area contributed by atoms with Crippen molar-refractivity contribution in [2.24, 2.45) is 0 Å². The zero-order chi connectivity index (χ0) is 28.6. The number of nitrogens with two attached hydrogens (primary N) is 1. The number of alkyl halides is 1. The summed E-state index contributed by atoms with van der Waals surface area (Å²) >= 11 is 5.89. The minimum absolute atomic E-state index is 0.0628. The molecule has 6 rings (SSSR count). The van der Waals surface area contributed by atoms with Gasteiger partial charge in [0, 0.05) is 23.9 Å². The van der Waals surface area contributed by atoms with E-state index in [9.17, 15) is 24.9 Å². The first-order chi connectivity index (χ1) is 19.0. The standard InChI is InChI=1S/C25H22ClFN6O7/c1-10-14(9-29-32-10)12-4-2-11(3-5-12)8-24(21(34)35,22(36)37)40-17-16-25(17,38)15(27)20(39-16)33-7-6-13-18(28)30-23(26)31-19(13)33/h2-7,9,15-17,20,38H,8H2,1H3,(H,29,32)(H,34,35)(H,36,37)(H2,28,30,31)/t15-,16-,17?,20-,25+/m1/s1. The third-order valence-corrected chi connectivity index (χ3v) is 7.64. The Kier molecular flexibility index (Phi) is 5.85. The zero-order valence-corrected chi connectivity index (χ0v) is 21.4. The number of aryl methyl sites for hydroxylation is 1. The van der Waals surface area contributed by atoms with Gasteiger partial charge >= 0.3 is 11.9 Å². The van der Waals surface area contributed by atoms with E-state index in [0.717, 1.165) is 16.8 Å². The summed E-state index contributed by atoms with van der Waals surface area (Å²) in [4.78, 5) is 32.5. The number of anilines is 1. The molecule has 15 heteroatoms. The lowest BCUT2D eigenvalue weighted by Gasteiger charge is -2.29. The van der Waals surface area contributed by atoms with E-state index in [0.29, 0.717) is 10.9 Å². The number of aromatic nitrogens is 5. The van der Waals surface area contributed by atoms with E-state index in [1.165, 1.54) is 16.8 Å². The second-order valence-corrected chi connectivity index (χ2v) is 10.2. The van der Waals surface area contributed by atoms with Crippen LogP contribution in [0.3, 0.4) is 0 Å². The fraction of sp³-hybridized carbons (Fsp3) is 0.320. The van der Waals surface area contributed by atoms with E-state index >= 15 is 4.39 Å². The number of nitrogen functional groups attached to an aromatic ring is 1. The number of carbonyl (C=O) groups is 2. The van der Waals surface area contributed by atoms with Crippen LogP contribution < -0.4 is 5.73 Å². The fourth-order valence-electron chi connectivity index (χ4n) is 5.20. The first-order valence-corrected chi connectivity index (χ1v) is 12.4. The summed E-state index contributed by atoms with van der Waals surface area (Å²) in [7, 11) is 0. The van der Waals surface area contributed by atoms with Crippen molar-refractivity contribution in [2.45, 2.75) is 49.2 Å². The van der Waals surface area contributed by atoms with Crippen LogP contribution in [0.1, 0.15) is 17.5 Å². The molecule has 5 atom stereocenters. The molecule has 1 saturated carbocycles. The van der Waals surface area contributed by atoms with E-state index in [2.05, 4.69) is 20.2 Å². The quantitative estimate of drug-likeness (QED) is 0.152.